The Morgan fingerprint density at radius 2 is 1.71 bits per heavy atom. The van der Waals surface area contributed by atoms with Gasteiger partial charge in [0.15, 0.2) is 12.4 Å². The van der Waals surface area contributed by atoms with E-state index in [-0.39, 0.29) is 17.1 Å². The van der Waals surface area contributed by atoms with Gasteiger partial charge in [-0.1, -0.05) is 36.4 Å². The Morgan fingerprint density at radius 1 is 0.971 bits per heavy atom. The number of benzene rings is 2. The summed E-state index contributed by atoms with van der Waals surface area (Å²) in [6.07, 6.45) is 3.60. The molecule has 1 aliphatic carbocycles. The van der Waals surface area contributed by atoms with Crippen molar-refractivity contribution >= 4 is 34.0 Å². The molecular formula is C25H21F2NO5S. The summed E-state index contributed by atoms with van der Waals surface area (Å²) in [6, 6.07) is 14.0. The average Bonchev–Trinajstić information content (AvgIpc) is 3.20. The van der Waals surface area contributed by atoms with E-state index < -0.39 is 25.1 Å². The lowest BCUT2D eigenvalue weighted by molar-refractivity contribution is -0.119. The Balaban J connectivity index is 1.46. The van der Waals surface area contributed by atoms with Crippen LogP contribution in [0, 0.1) is 0 Å². The van der Waals surface area contributed by atoms with Gasteiger partial charge in [0.1, 0.15) is 10.8 Å². The molecule has 1 amide bonds. The zero-order chi connectivity index (χ0) is 24.1. The molecule has 0 aliphatic heterocycles. The molecule has 0 unspecified atom stereocenters. The van der Waals surface area contributed by atoms with Crippen molar-refractivity contribution in [2.24, 2.45) is 0 Å². The normalized spacial score (nSPS) is 12.7. The Kier molecular flexibility index (Phi) is 7.32. The van der Waals surface area contributed by atoms with E-state index in [0.29, 0.717) is 16.1 Å². The van der Waals surface area contributed by atoms with Crippen molar-refractivity contribution in [2.45, 2.75) is 32.3 Å². The molecule has 1 aromatic heterocycles. The van der Waals surface area contributed by atoms with E-state index in [2.05, 4.69) is 10.1 Å². The molecule has 9 heteroatoms. The van der Waals surface area contributed by atoms with Crippen molar-refractivity contribution in [2.75, 3.05) is 11.9 Å². The number of halogens is 2. The van der Waals surface area contributed by atoms with E-state index in [1.807, 2.05) is 6.07 Å². The number of esters is 1. The monoisotopic (exact) mass is 485 g/mol. The molecule has 34 heavy (non-hydrogen) atoms. The second kappa shape index (κ2) is 10.6. The van der Waals surface area contributed by atoms with Crippen LogP contribution in [-0.4, -0.2) is 30.9 Å². The van der Waals surface area contributed by atoms with Crippen LogP contribution in [0.3, 0.4) is 0 Å². The van der Waals surface area contributed by atoms with Crippen LogP contribution in [0.15, 0.2) is 54.6 Å². The Hall–Kier alpha value is -3.59. The molecular weight excluding hydrogens is 464 g/mol. The number of ketones is 1. The van der Waals surface area contributed by atoms with Gasteiger partial charge in [0.25, 0.3) is 5.91 Å². The number of fused-ring (bicyclic) bond motifs is 1. The maximum absolute atomic E-state index is 13.2. The third-order valence-electron chi connectivity index (χ3n) is 5.32. The van der Waals surface area contributed by atoms with Gasteiger partial charge in [-0.3, -0.25) is 9.59 Å². The molecule has 6 nitrogen and oxygen atoms in total. The first-order valence-corrected chi connectivity index (χ1v) is 11.5. The number of carbonyl (C=O) groups excluding carboxylic acids is 3. The molecule has 1 N–H and O–H groups in total. The van der Waals surface area contributed by atoms with E-state index in [9.17, 15) is 23.2 Å². The highest BCUT2D eigenvalue weighted by molar-refractivity contribution is 7.17. The molecule has 2 aromatic carbocycles. The van der Waals surface area contributed by atoms with Gasteiger partial charge >= 0.3 is 12.6 Å². The van der Waals surface area contributed by atoms with E-state index in [1.165, 1.54) is 29.5 Å². The molecule has 0 fully saturated rings. The summed E-state index contributed by atoms with van der Waals surface area (Å²) in [5.41, 5.74) is 1.95. The molecule has 176 valence electrons. The Labute approximate surface area is 198 Å². The molecule has 0 bridgehead atoms. The van der Waals surface area contributed by atoms with Gasteiger partial charge in [0.2, 0.25) is 0 Å². The van der Waals surface area contributed by atoms with Crippen LogP contribution >= 0.6 is 11.3 Å². The number of ether oxygens (including phenoxy) is 2. The smallest absolute Gasteiger partial charge is 0.387 e. The van der Waals surface area contributed by atoms with Gasteiger partial charge in [-0.25, -0.2) is 4.79 Å². The molecule has 0 spiro atoms. The number of anilines is 1. The minimum Gasteiger partial charge on any atom is -0.452 e. The van der Waals surface area contributed by atoms with Gasteiger partial charge in [-0.05, 0) is 49.4 Å². The largest absolute Gasteiger partial charge is 0.452 e. The maximum Gasteiger partial charge on any atom is 0.387 e. The molecule has 1 heterocycles. The topological polar surface area (TPSA) is 81.7 Å². The lowest BCUT2D eigenvalue weighted by atomic mass is 9.92. The van der Waals surface area contributed by atoms with Crippen molar-refractivity contribution in [3.05, 3.63) is 81.7 Å². The van der Waals surface area contributed by atoms with Crippen molar-refractivity contribution in [3.63, 3.8) is 0 Å². The van der Waals surface area contributed by atoms with Crippen LogP contribution in [-0.2, 0) is 22.4 Å². The Morgan fingerprint density at radius 3 is 2.47 bits per heavy atom. The Bertz CT molecular complexity index is 1210. The quantitative estimate of drug-likeness (QED) is 0.348. The number of aryl methyl sites for hydroxylation is 1. The van der Waals surface area contributed by atoms with Crippen LogP contribution in [0.2, 0.25) is 0 Å². The highest BCUT2D eigenvalue weighted by atomic mass is 32.1. The summed E-state index contributed by atoms with van der Waals surface area (Å²) in [5.74, 6) is -1.82. The van der Waals surface area contributed by atoms with Crippen molar-refractivity contribution in [1.82, 2.24) is 0 Å². The first-order valence-electron chi connectivity index (χ1n) is 10.7. The number of amides is 1. The maximum atomic E-state index is 13.2. The van der Waals surface area contributed by atoms with Crippen LogP contribution in [0.25, 0.3) is 0 Å². The van der Waals surface area contributed by atoms with Crippen molar-refractivity contribution in [3.8, 4) is 5.75 Å². The van der Waals surface area contributed by atoms with Crippen LogP contribution in [0.1, 0.15) is 49.6 Å². The van der Waals surface area contributed by atoms with E-state index in [4.69, 9.17) is 4.74 Å². The second-order valence-corrected chi connectivity index (χ2v) is 8.75. The molecule has 0 saturated heterocycles. The summed E-state index contributed by atoms with van der Waals surface area (Å²) in [4.78, 5) is 39.2. The minimum atomic E-state index is -3.03. The van der Waals surface area contributed by atoms with Crippen molar-refractivity contribution in [1.29, 1.82) is 0 Å². The van der Waals surface area contributed by atoms with Gasteiger partial charge in [0, 0.05) is 10.4 Å². The van der Waals surface area contributed by atoms with Gasteiger partial charge in [-0.15, -0.1) is 11.3 Å². The number of nitrogens with one attached hydrogen (secondary N) is 1. The zero-order valence-electron chi connectivity index (χ0n) is 18.0. The fraction of sp³-hybridized carbons (Fsp3) is 0.240. The number of rotatable bonds is 8. The lowest BCUT2D eigenvalue weighted by Crippen LogP contribution is -2.21. The standard InChI is InChI=1S/C25H21F2NO5S/c26-25(27)33-17-10-6-9-16(13-17)24(31)32-14-20(29)28-23-21(18-11-4-5-12-19(18)34-23)22(30)15-7-2-1-3-8-15/h1-3,6-10,13,25H,4-5,11-12,14H2,(H,28,29). The predicted octanol–water partition coefficient (Wildman–Crippen LogP) is 5.25. The van der Waals surface area contributed by atoms with Crippen molar-refractivity contribution < 1.29 is 32.6 Å². The van der Waals surface area contributed by atoms with E-state index >= 15 is 0 Å². The highest BCUT2D eigenvalue weighted by Gasteiger charge is 2.27. The second-order valence-electron chi connectivity index (χ2n) is 7.64. The van der Waals surface area contributed by atoms with Gasteiger partial charge < -0.3 is 14.8 Å². The lowest BCUT2D eigenvalue weighted by Gasteiger charge is -2.12. The fourth-order valence-electron chi connectivity index (χ4n) is 3.80. The first-order chi connectivity index (χ1) is 16.4. The number of alkyl halides is 2. The summed E-state index contributed by atoms with van der Waals surface area (Å²) in [6.45, 7) is -3.62. The van der Waals surface area contributed by atoms with E-state index in [0.717, 1.165) is 42.2 Å². The molecule has 1 aliphatic rings. The number of hydrogen-bond donors (Lipinski definition) is 1. The number of thiophene rings is 1. The minimum absolute atomic E-state index is 0.0301. The average molecular weight is 486 g/mol. The van der Waals surface area contributed by atoms with Gasteiger partial charge in [-0.2, -0.15) is 8.78 Å². The van der Waals surface area contributed by atoms with Crippen LogP contribution in [0.5, 0.6) is 5.75 Å². The third-order valence-corrected chi connectivity index (χ3v) is 6.52. The summed E-state index contributed by atoms with van der Waals surface area (Å²) < 4.78 is 34.1. The van der Waals surface area contributed by atoms with Gasteiger partial charge in [0.05, 0.1) is 11.1 Å². The van der Waals surface area contributed by atoms with Crippen LogP contribution in [0.4, 0.5) is 13.8 Å². The molecule has 4 rings (SSSR count). The summed E-state index contributed by atoms with van der Waals surface area (Å²) >= 11 is 1.37. The fourth-order valence-corrected chi connectivity index (χ4v) is 5.11. The summed E-state index contributed by atoms with van der Waals surface area (Å²) in [5, 5.41) is 3.16. The summed E-state index contributed by atoms with van der Waals surface area (Å²) in [7, 11) is 0. The molecule has 3 aromatic rings. The zero-order valence-corrected chi connectivity index (χ0v) is 18.8. The number of hydrogen-bond acceptors (Lipinski definition) is 6. The molecule has 0 atom stereocenters. The predicted molar refractivity (Wildman–Crippen MR) is 123 cm³/mol. The van der Waals surface area contributed by atoms with E-state index in [1.54, 1.807) is 24.3 Å². The molecule has 0 saturated carbocycles. The van der Waals surface area contributed by atoms with Crippen LogP contribution < -0.4 is 10.1 Å². The third kappa shape index (κ3) is 5.48. The highest BCUT2D eigenvalue weighted by Crippen LogP contribution is 2.39. The molecule has 0 radical (unpaired) electrons. The SMILES string of the molecule is O=C(COC(=O)c1cccc(OC(F)F)c1)Nc1sc2c(c1C(=O)c1ccccc1)CCCC2. The number of carbonyl (C=O) groups is 3. The first kappa shape index (κ1) is 23.6.